The van der Waals surface area contributed by atoms with Crippen molar-refractivity contribution in [2.24, 2.45) is 0 Å². The van der Waals surface area contributed by atoms with Crippen molar-refractivity contribution in [2.45, 2.75) is 58.5 Å². The van der Waals surface area contributed by atoms with Crippen LogP contribution < -0.4 is 9.62 Å². The lowest BCUT2D eigenvalue weighted by atomic mass is 10.1. The van der Waals surface area contributed by atoms with E-state index in [0.29, 0.717) is 18.7 Å². The summed E-state index contributed by atoms with van der Waals surface area (Å²) in [6.45, 7) is 7.75. The Balaban J connectivity index is 2.12. The standard InChI is InChI=1S/C26H36FN3O4S/c1-20(25(32)28-26(2,3)4)29(19-17-21-10-7-6-8-11-21)24(31)12-9-18-30(35(5,33)34)23-15-13-22(27)14-16-23/h6-8,10-11,13-16,20H,9,12,17-19H2,1-5H3,(H,28,32). The van der Waals surface area contributed by atoms with Gasteiger partial charge in [0.25, 0.3) is 0 Å². The molecule has 0 aliphatic carbocycles. The third-order valence-electron chi connectivity index (χ3n) is 5.42. The van der Waals surface area contributed by atoms with Gasteiger partial charge in [-0.25, -0.2) is 12.8 Å². The molecule has 2 aromatic carbocycles. The Morgan fingerprint density at radius 2 is 1.60 bits per heavy atom. The highest BCUT2D eigenvalue weighted by molar-refractivity contribution is 7.92. The topological polar surface area (TPSA) is 86.8 Å². The van der Waals surface area contributed by atoms with E-state index in [2.05, 4.69) is 5.32 Å². The number of carbonyl (C=O) groups excluding carboxylic acids is 2. The van der Waals surface area contributed by atoms with Gasteiger partial charge in [0.15, 0.2) is 0 Å². The van der Waals surface area contributed by atoms with Crippen LogP contribution in [0.2, 0.25) is 0 Å². The first-order valence-corrected chi connectivity index (χ1v) is 13.5. The van der Waals surface area contributed by atoms with Gasteiger partial charge in [-0.3, -0.25) is 13.9 Å². The minimum Gasteiger partial charge on any atom is -0.350 e. The van der Waals surface area contributed by atoms with Crippen LogP contribution in [0, 0.1) is 5.82 Å². The molecular weight excluding hydrogens is 469 g/mol. The van der Waals surface area contributed by atoms with Gasteiger partial charge >= 0.3 is 0 Å². The largest absolute Gasteiger partial charge is 0.350 e. The molecule has 0 spiro atoms. The van der Waals surface area contributed by atoms with Crippen molar-refractivity contribution < 1.29 is 22.4 Å². The lowest BCUT2D eigenvalue weighted by Crippen LogP contribution is -2.53. The van der Waals surface area contributed by atoms with E-state index < -0.39 is 27.4 Å². The fourth-order valence-electron chi connectivity index (χ4n) is 3.66. The van der Waals surface area contributed by atoms with Crippen molar-refractivity contribution in [2.75, 3.05) is 23.7 Å². The monoisotopic (exact) mass is 505 g/mol. The van der Waals surface area contributed by atoms with Crippen molar-refractivity contribution in [3.05, 3.63) is 66.0 Å². The molecule has 9 heteroatoms. The summed E-state index contributed by atoms with van der Waals surface area (Å²) in [5.41, 5.74) is 0.943. The summed E-state index contributed by atoms with van der Waals surface area (Å²) >= 11 is 0. The van der Waals surface area contributed by atoms with Crippen LogP contribution >= 0.6 is 0 Å². The summed E-state index contributed by atoms with van der Waals surface area (Å²) in [6, 6.07) is 14.2. The molecule has 0 fully saturated rings. The number of anilines is 1. The molecule has 35 heavy (non-hydrogen) atoms. The van der Waals surface area contributed by atoms with Crippen LogP contribution in [-0.2, 0) is 26.0 Å². The van der Waals surface area contributed by atoms with Gasteiger partial charge in [0.2, 0.25) is 21.8 Å². The zero-order valence-electron chi connectivity index (χ0n) is 21.1. The molecule has 0 bridgehead atoms. The average Bonchev–Trinajstić information content (AvgIpc) is 2.76. The fraction of sp³-hybridized carbons (Fsp3) is 0.462. The Kier molecular flexibility index (Phi) is 9.82. The van der Waals surface area contributed by atoms with Crippen molar-refractivity contribution in [3.63, 3.8) is 0 Å². The van der Waals surface area contributed by atoms with Gasteiger partial charge in [-0.05, 0) is 70.4 Å². The molecular formula is C26H36FN3O4S. The molecule has 0 aromatic heterocycles. The maximum Gasteiger partial charge on any atom is 0.242 e. The van der Waals surface area contributed by atoms with Gasteiger partial charge in [0.05, 0.1) is 11.9 Å². The zero-order valence-corrected chi connectivity index (χ0v) is 21.9. The highest BCUT2D eigenvalue weighted by Crippen LogP contribution is 2.19. The predicted octanol–water partition coefficient (Wildman–Crippen LogP) is 3.75. The van der Waals surface area contributed by atoms with Crippen molar-refractivity contribution in [3.8, 4) is 0 Å². The van der Waals surface area contributed by atoms with Crippen LogP contribution in [0.5, 0.6) is 0 Å². The average molecular weight is 506 g/mol. The summed E-state index contributed by atoms with van der Waals surface area (Å²) in [5, 5.41) is 2.92. The third kappa shape index (κ3) is 9.32. The van der Waals surface area contributed by atoms with Crippen molar-refractivity contribution in [1.29, 1.82) is 0 Å². The number of carbonyl (C=O) groups is 2. The summed E-state index contributed by atoms with van der Waals surface area (Å²) in [6.07, 6.45) is 1.97. The minimum absolute atomic E-state index is 0.0608. The molecule has 2 rings (SSSR count). The van der Waals surface area contributed by atoms with Crippen LogP contribution in [0.4, 0.5) is 10.1 Å². The summed E-state index contributed by atoms with van der Waals surface area (Å²) in [7, 11) is -3.62. The number of hydrogen-bond donors (Lipinski definition) is 1. The van der Waals surface area contributed by atoms with E-state index in [1.54, 1.807) is 11.8 Å². The van der Waals surface area contributed by atoms with Crippen LogP contribution in [0.15, 0.2) is 54.6 Å². The number of halogens is 1. The number of nitrogens with zero attached hydrogens (tertiary/aromatic N) is 2. The van der Waals surface area contributed by atoms with E-state index in [1.807, 2.05) is 51.1 Å². The molecule has 0 saturated heterocycles. The first-order chi connectivity index (χ1) is 16.3. The fourth-order valence-corrected chi connectivity index (χ4v) is 4.62. The van der Waals surface area contributed by atoms with E-state index in [-0.39, 0.29) is 31.2 Å². The van der Waals surface area contributed by atoms with E-state index in [1.165, 1.54) is 24.3 Å². The van der Waals surface area contributed by atoms with Crippen molar-refractivity contribution >= 4 is 27.5 Å². The Morgan fingerprint density at radius 1 is 1.00 bits per heavy atom. The number of sulfonamides is 1. The summed E-state index contributed by atoms with van der Waals surface area (Å²) in [4.78, 5) is 27.6. The van der Waals surface area contributed by atoms with E-state index in [9.17, 15) is 22.4 Å². The molecule has 7 nitrogen and oxygen atoms in total. The number of amides is 2. The quantitative estimate of drug-likeness (QED) is 0.504. The molecule has 0 heterocycles. The number of rotatable bonds is 11. The summed E-state index contributed by atoms with van der Waals surface area (Å²) in [5.74, 6) is -0.943. The maximum atomic E-state index is 13.3. The lowest BCUT2D eigenvalue weighted by molar-refractivity contribution is -0.140. The smallest absolute Gasteiger partial charge is 0.242 e. The molecule has 0 radical (unpaired) electrons. The SMILES string of the molecule is CC(C(=O)NC(C)(C)C)N(CCc1ccccc1)C(=O)CCCN(c1ccc(F)cc1)S(C)(=O)=O. The van der Waals surface area contributed by atoms with Gasteiger partial charge in [-0.1, -0.05) is 30.3 Å². The van der Waals surface area contributed by atoms with Gasteiger partial charge in [-0.15, -0.1) is 0 Å². The first-order valence-electron chi connectivity index (χ1n) is 11.7. The molecule has 0 saturated carbocycles. The molecule has 0 aliphatic rings. The zero-order chi connectivity index (χ0) is 26.2. The van der Waals surface area contributed by atoms with Gasteiger partial charge in [-0.2, -0.15) is 0 Å². The summed E-state index contributed by atoms with van der Waals surface area (Å²) < 4.78 is 39.0. The normalized spacial score (nSPS) is 12.6. The molecule has 192 valence electrons. The second kappa shape index (κ2) is 12.2. The maximum absolute atomic E-state index is 13.3. The predicted molar refractivity (Wildman–Crippen MR) is 137 cm³/mol. The molecule has 1 atom stereocenters. The van der Waals surface area contributed by atoms with Crippen LogP contribution in [-0.4, -0.2) is 56.1 Å². The van der Waals surface area contributed by atoms with E-state index >= 15 is 0 Å². The molecule has 0 aliphatic heterocycles. The second-order valence-electron chi connectivity index (χ2n) is 9.65. The highest BCUT2D eigenvalue weighted by Gasteiger charge is 2.28. The van der Waals surface area contributed by atoms with E-state index in [4.69, 9.17) is 0 Å². The number of benzene rings is 2. The van der Waals surface area contributed by atoms with Crippen molar-refractivity contribution in [1.82, 2.24) is 10.2 Å². The highest BCUT2D eigenvalue weighted by atomic mass is 32.2. The van der Waals surface area contributed by atoms with E-state index in [0.717, 1.165) is 16.1 Å². The van der Waals surface area contributed by atoms with Crippen LogP contribution in [0.3, 0.4) is 0 Å². The van der Waals surface area contributed by atoms with Gasteiger partial charge in [0, 0.05) is 25.0 Å². The van der Waals surface area contributed by atoms with Crippen LogP contribution in [0.25, 0.3) is 0 Å². The Hall–Kier alpha value is -2.94. The van der Waals surface area contributed by atoms with Gasteiger partial charge < -0.3 is 10.2 Å². The number of hydrogen-bond acceptors (Lipinski definition) is 4. The molecule has 1 N–H and O–H groups in total. The Bertz CT molecular complexity index is 1080. The van der Waals surface area contributed by atoms with Crippen LogP contribution in [0.1, 0.15) is 46.1 Å². The van der Waals surface area contributed by atoms with Gasteiger partial charge in [0.1, 0.15) is 11.9 Å². The minimum atomic E-state index is -3.62. The molecule has 2 aromatic rings. The molecule has 2 amide bonds. The lowest BCUT2D eigenvalue weighted by Gasteiger charge is -2.32. The third-order valence-corrected chi connectivity index (χ3v) is 6.61. The Morgan fingerprint density at radius 3 is 2.14 bits per heavy atom. The number of nitrogens with one attached hydrogen (secondary N) is 1. The molecule has 1 unspecified atom stereocenters. The second-order valence-corrected chi connectivity index (χ2v) is 11.6. The Labute approximate surface area is 208 Å². The first kappa shape index (κ1) is 28.3.